The van der Waals surface area contributed by atoms with Crippen LogP contribution in [0.3, 0.4) is 0 Å². The Bertz CT molecular complexity index is 666. The molecule has 34 heavy (non-hydrogen) atoms. The average Bonchev–Trinajstić information content (AvgIpc) is 2.46. The topological polar surface area (TPSA) is 81.7 Å². The minimum Gasteiger partial charge on any atom is -0.437 e. The highest BCUT2D eigenvalue weighted by molar-refractivity contribution is 7.57. The minimum absolute atomic E-state index is 0.268. The second-order valence-electron chi connectivity index (χ2n) is 12.2. The van der Waals surface area contributed by atoms with Crippen LogP contribution in [0.1, 0.15) is 20.8 Å². The van der Waals surface area contributed by atoms with E-state index in [1.165, 1.54) is 0 Å². The first-order valence-corrected chi connectivity index (χ1v) is 31.5. The van der Waals surface area contributed by atoms with E-state index in [1.54, 1.807) is 0 Å². The van der Waals surface area contributed by atoms with Crippen molar-refractivity contribution in [3.63, 3.8) is 0 Å². The second-order valence-corrected chi connectivity index (χ2v) is 39.2. The molecule has 0 fully saturated rings. The molecule has 2 atom stereocenters. The highest BCUT2D eigenvalue weighted by atomic mass is 31.2. The van der Waals surface area contributed by atoms with Gasteiger partial charge in [0.1, 0.15) is 5.28 Å². The summed E-state index contributed by atoms with van der Waals surface area (Å²) in [5.41, 5.74) is 0. The molecule has 0 rings (SSSR count). The van der Waals surface area contributed by atoms with E-state index in [2.05, 4.69) is 58.9 Å². The van der Waals surface area contributed by atoms with Crippen LogP contribution in [0.15, 0.2) is 0 Å². The first kappa shape index (κ1) is 35.3. The van der Waals surface area contributed by atoms with E-state index in [-0.39, 0.29) is 13.2 Å². The summed E-state index contributed by atoms with van der Waals surface area (Å²) in [4.78, 5) is 0. The van der Waals surface area contributed by atoms with Crippen molar-refractivity contribution in [3.8, 4) is 0 Å². The average molecular weight is 609 g/mol. The van der Waals surface area contributed by atoms with Gasteiger partial charge >= 0.3 is 33.5 Å². The maximum Gasteiger partial charge on any atom is 0.467 e. The van der Waals surface area contributed by atoms with Crippen LogP contribution < -0.4 is 0 Å². The molecule has 0 N–H and O–H groups in total. The quantitative estimate of drug-likeness (QED) is 0.135. The number of hydrogen-bond acceptors (Lipinski definition) is 8. The summed E-state index contributed by atoms with van der Waals surface area (Å²) < 4.78 is 59.0. The molecule has 0 aliphatic heterocycles. The summed E-state index contributed by atoms with van der Waals surface area (Å²) in [6.07, 6.45) is 0. The fourth-order valence-electron chi connectivity index (χ4n) is 3.89. The lowest BCUT2D eigenvalue weighted by Gasteiger charge is -2.47. The fourth-order valence-corrected chi connectivity index (χ4v) is 34.5. The van der Waals surface area contributed by atoms with Crippen LogP contribution in [0.5, 0.6) is 0 Å². The molecular weight excluding hydrogens is 556 g/mol. The first-order chi connectivity index (χ1) is 14.8. The molecule has 8 nitrogen and oxygen atoms in total. The Morgan fingerprint density at radius 3 is 1.24 bits per heavy atom. The van der Waals surface area contributed by atoms with E-state index in [4.69, 9.17) is 29.6 Å². The second kappa shape index (κ2) is 12.4. The van der Waals surface area contributed by atoms with Crippen LogP contribution in [0, 0.1) is 0 Å². The van der Waals surface area contributed by atoms with Gasteiger partial charge in [0.25, 0.3) is 0 Å². The summed E-state index contributed by atoms with van der Waals surface area (Å²) in [7, 11) is -18.7. The highest BCUT2D eigenvalue weighted by Crippen LogP contribution is 2.56. The van der Waals surface area contributed by atoms with Crippen LogP contribution in [0.2, 0.25) is 85.1 Å². The van der Waals surface area contributed by atoms with E-state index in [0.717, 1.165) is 0 Å². The van der Waals surface area contributed by atoms with E-state index in [0.29, 0.717) is 0 Å². The molecule has 15 heteroatoms. The third-order valence-electron chi connectivity index (χ3n) is 4.22. The normalized spacial score (nSPS) is 17.5. The van der Waals surface area contributed by atoms with Gasteiger partial charge < -0.3 is 29.6 Å². The van der Waals surface area contributed by atoms with Gasteiger partial charge in [0.05, 0.1) is 13.2 Å². The van der Waals surface area contributed by atoms with Crippen LogP contribution in [-0.4, -0.2) is 69.4 Å². The summed E-state index contributed by atoms with van der Waals surface area (Å²) >= 11 is 0. The standard InChI is InChI=1S/C19H53O8PSi6/c1-17-21-28(20,22-18-2)19(3)33(15,26-32(13,14)23-29(4,5)6)27-34(16,24-30(7,8)9)25-31(10,11)12/h19H,17-18H2,1-16H3. The minimum atomic E-state index is -3.53. The van der Waals surface area contributed by atoms with Crippen LogP contribution in [0.25, 0.3) is 0 Å². The molecular formula is C19H53O8PSi6. The molecule has 0 aromatic carbocycles. The first-order valence-electron chi connectivity index (χ1n) is 12.2. The monoisotopic (exact) mass is 608 g/mol. The Kier molecular flexibility index (Phi) is 12.9. The molecule has 0 amide bonds. The van der Waals surface area contributed by atoms with Gasteiger partial charge in [-0.2, -0.15) is 0 Å². The van der Waals surface area contributed by atoms with E-state index >= 15 is 0 Å². The summed E-state index contributed by atoms with van der Waals surface area (Å²) in [5, 5.41) is -0.612. The molecule has 0 aliphatic carbocycles. The zero-order valence-corrected chi connectivity index (χ0v) is 31.6. The largest absolute Gasteiger partial charge is 0.467 e. The molecule has 0 radical (unpaired) electrons. The Morgan fingerprint density at radius 1 is 0.588 bits per heavy atom. The van der Waals surface area contributed by atoms with Gasteiger partial charge in [0.15, 0.2) is 25.0 Å². The third kappa shape index (κ3) is 13.2. The van der Waals surface area contributed by atoms with Crippen molar-refractivity contribution in [2.24, 2.45) is 0 Å². The van der Waals surface area contributed by atoms with Crippen molar-refractivity contribution in [1.82, 2.24) is 0 Å². The van der Waals surface area contributed by atoms with Crippen molar-refractivity contribution in [1.29, 1.82) is 0 Å². The van der Waals surface area contributed by atoms with Gasteiger partial charge in [0.2, 0.25) is 0 Å². The van der Waals surface area contributed by atoms with E-state index in [9.17, 15) is 4.57 Å². The Hall–Kier alpha value is 1.25. The van der Waals surface area contributed by atoms with Gasteiger partial charge in [-0.3, -0.25) is 4.57 Å². The van der Waals surface area contributed by atoms with Crippen molar-refractivity contribution in [2.45, 2.75) is 111 Å². The molecule has 0 saturated heterocycles. The van der Waals surface area contributed by atoms with Gasteiger partial charge in [-0.05, 0) is 99.3 Å². The third-order valence-corrected chi connectivity index (χ3v) is 29.3. The maximum absolute atomic E-state index is 14.0. The molecule has 0 heterocycles. The van der Waals surface area contributed by atoms with Gasteiger partial charge in [-0.1, -0.05) is 0 Å². The highest BCUT2D eigenvalue weighted by Gasteiger charge is 2.59. The van der Waals surface area contributed by atoms with Gasteiger partial charge in [0, 0.05) is 6.55 Å². The SMILES string of the molecule is CCOP(=O)(OCC)C(C)[Si](C)(O[Si](C)(C)O[Si](C)(C)C)O[Si](C)(O[Si](C)(C)C)O[Si](C)(C)C. The molecule has 0 spiro atoms. The van der Waals surface area contributed by atoms with Crippen LogP contribution >= 0.6 is 7.60 Å². The van der Waals surface area contributed by atoms with Crippen molar-refractivity contribution in [3.05, 3.63) is 0 Å². The van der Waals surface area contributed by atoms with E-state index < -0.39 is 63.8 Å². The zero-order valence-electron chi connectivity index (χ0n) is 24.7. The number of rotatable bonds is 16. The molecule has 0 saturated carbocycles. The summed E-state index contributed by atoms with van der Waals surface area (Å²) in [6.45, 7) is 33.1. The summed E-state index contributed by atoms with van der Waals surface area (Å²) in [6, 6.07) is 0. The predicted molar refractivity (Wildman–Crippen MR) is 157 cm³/mol. The van der Waals surface area contributed by atoms with Crippen molar-refractivity contribution < 1.29 is 34.2 Å². The smallest absolute Gasteiger partial charge is 0.437 e. The van der Waals surface area contributed by atoms with Crippen LogP contribution in [0.4, 0.5) is 0 Å². The molecule has 206 valence electrons. The van der Waals surface area contributed by atoms with Crippen molar-refractivity contribution >= 4 is 58.5 Å². The number of hydrogen-bond donors (Lipinski definition) is 0. The van der Waals surface area contributed by atoms with E-state index in [1.807, 2.05) is 47.0 Å². The maximum atomic E-state index is 14.0. The van der Waals surface area contributed by atoms with Crippen molar-refractivity contribution in [2.75, 3.05) is 13.2 Å². The van der Waals surface area contributed by atoms with Crippen LogP contribution in [-0.2, 0) is 34.2 Å². The lowest BCUT2D eigenvalue weighted by Crippen LogP contribution is -2.66. The van der Waals surface area contributed by atoms with Gasteiger partial charge in [-0.25, -0.2) is 0 Å². The lowest BCUT2D eigenvalue weighted by atomic mass is 10.9. The summed E-state index contributed by atoms with van der Waals surface area (Å²) in [5.74, 6) is 0. The Balaban J connectivity index is 6.68. The Labute approximate surface area is 216 Å². The molecule has 0 bridgehead atoms. The molecule has 0 aromatic rings. The predicted octanol–water partition coefficient (Wildman–Crippen LogP) is 7.11. The lowest BCUT2D eigenvalue weighted by molar-refractivity contribution is 0.201. The molecule has 0 aliphatic rings. The Morgan fingerprint density at radius 2 is 0.941 bits per heavy atom. The van der Waals surface area contributed by atoms with Gasteiger partial charge in [-0.15, -0.1) is 0 Å². The molecule has 0 aromatic heterocycles. The molecule has 2 unspecified atom stereocenters. The zero-order chi connectivity index (χ0) is 27.4. The fraction of sp³-hybridized carbons (Fsp3) is 1.00.